The van der Waals surface area contributed by atoms with Crippen LogP contribution in [0.15, 0.2) is 12.1 Å². The summed E-state index contributed by atoms with van der Waals surface area (Å²) >= 11 is 0. The van der Waals surface area contributed by atoms with Crippen LogP contribution in [0, 0.1) is 11.7 Å². The standard InChI is InChI=1S/C15H21FN2O2/c1-18-9-10(8-17)7-12(18)14-11(16)3-4-13-15(14)20-6-2-5-19-13/h3-4,10,12H,2,5-9,17H2,1H3. The van der Waals surface area contributed by atoms with Gasteiger partial charge in [-0.2, -0.15) is 0 Å². The van der Waals surface area contributed by atoms with E-state index in [1.165, 1.54) is 6.07 Å². The Morgan fingerprint density at radius 2 is 2.15 bits per heavy atom. The second kappa shape index (κ2) is 5.58. The van der Waals surface area contributed by atoms with Crippen molar-refractivity contribution in [1.29, 1.82) is 0 Å². The number of halogens is 1. The number of rotatable bonds is 2. The molecule has 2 aliphatic rings. The highest BCUT2D eigenvalue weighted by Gasteiger charge is 2.35. The fourth-order valence-electron chi connectivity index (χ4n) is 3.16. The first-order valence-electron chi connectivity index (χ1n) is 7.19. The van der Waals surface area contributed by atoms with Gasteiger partial charge in [0.25, 0.3) is 0 Å². The molecule has 1 aromatic rings. The summed E-state index contributed by atoms with van der Waals surface area (Å²) in [6.07, 6.45) is 1.69. The van der Waals surface area contributed by atoms with E-state index in [9.17, 15) is 4.39 Å². The molecule has 4 nitrogen and oxygen atoms in total. The zero-order valence-corrected chi connectivity index (χ0v) is 11.8. The third-order valence-electron chi connectivity index (χ3n) is 4.20. The summed E-state index contributed by atoms with van der Waals surface area (Å²) < 4.78 is 25.8. The van der Waals surface area contributed by atoms with Crippen molar-refractivity contribution >= 4 is 0 Å². The van der Waals surface area contributed by atoms with Crippen LogP contribution in [0.1, 0.15) is 24.4 Å². The number of ether oxygens (including phenoxy) is 2. The predicted octanol–water partition coefficient (Wildman–Crippen LogP) is 1.94. The average molecular weight is 280 g/mol. The SMILES string of the molecule is CN1CC(CN)CC1c1c(F)ccc2c1OCCCO2. The Labute approximate surface area is 118 Å². The number of likely N-dealkylation sites (tertiary alicyclic amines) is 1. The van der Waals surface area contributed by atoms with E-state index in [4.69, 9.17) is 15.2 Å². The van der Waals surface area contributed by atoms with Crippen molar-refractivity contribution in [3.05, 3.63) is 23.5 Å². The van der Waals surface area contributed by atoms with Gasteiger partial charge in [-0.15, -0.1) is 0 Å². The molecule has 0 amide bonds. The minimum atomic E-state index is -0.219. The van der Waals surface area contributed by atoms with Crippen molar-refractivity contribution in [1.82, 2.24) is 4.90 Å². The first-order chi connectivity index (χ1) is 9.70. The maximum absolute atomic E-state index is 14.4. The number of benzene rings is 1. The first-order valence-corrected chi connectivity index (χ1v) is 7.19. The van der Waals surface area contributed by atoms with Gasteiger partial charge in [-0.25, -0.2) is 4.39 Å². The Bertz CT molecular complexity index is 495. The topological polar surface area (TPSA) is 47.7 Å². The van der Waals surface area contributed by atoms with Crippen LogP contribution in [-0.2, 0) is 0 Å². The molecular formula is C15H21FN2O2. The molecule has 1 saturated heterocycles. The third-order valence-corrected chi connectivity index (χ3v) is 4.20. The van der Waals surface area contributed by atoms with Crippen LogP contribution in [-0.4, -0.2) is 38.3 Å². The van der Waals surface area contributed by atoms with Gasteiger partial charge in [0.05, 0.1) is 18.8 Å². The molecule has 2 N–H and O–H groups in total. The zero-order chi connectivity index (χ0) is 14.1. The normalized spacial score (nSPS) is 26.6. The zero-order valence-electron chi connectivity index (χ0n) is 11.8. The number of fused-ring (bicyclic) bond motifs is 1. The van der Waals surface area contributed by atoms with Crippen LogP contribution in [0.5, 0.6) is 11.5 Å². The van der Waals surface area contributed by atoms with Crippen molar-refractivity contribution in [3.63, 3.8) is 0 Å². The highest BCUT2D eigenvalue weighted by molar-refractivity contribution is 5.49. The summed E-state index contributed by atoms with van der Waals surface area (Å²) in [4.78, 5) is 2.16. The molecule has 20 heavy (non-hydrogen) atoms. The van der Waals surface area contributed by atoms with Crippen molar-refractivity contribution in [3.8, 4) is 11.5 Å². The molecule has 2 heterocycles. The van der Waals surface area contributed by atoms with Gasteiger partial charge >= 0.3 is 0 Å². The molecule has 0 aromatic heterocycles. The van der Waals surface area contributed by atoms with E-state index in [2.05, 4.69) is 4.90 Å². The Morgan fingerprint density at radius 3 is 2.90 bits per heavy atom. The van der Waals surface area contributed by atoms with Crippen LogP contribution in [0.3, 0.4) is 0 Å². The van der Waals surface area contributed by atoms with Gasteiger partial charge in [0.2, 0.25) is 0 Å². The van der Waals surface area contributed by atoms with Gasteiger partial charge in [-0.1, -0.05) is 0 Å². The van der Waals surface area contributed by atoms with Gasteiger partial charge in [-0.05, 0) is 38.1 Å². The fourth-order valence-corrected chi connectivity index (χ4v) is 3.16. The van der Waals surface area contributed by atoms with Gasteiger partial charge in [0.1, 0.15) is 5.82 Å². The maximum atomic E-state index is 14.4. The molecule has 0 radical (unpaired) electrons. The molecule has 2 atom stereocenters. The minimum absolute atomic E-state index is 0.0141. The Hall–Kier alpha value is -1.33. The molecule has 110 valence electrons. The third kappa shape index (κ3) is 2.36. The predicted molar refractivity (Wildman–Crippen MR) is 74.5 cm³/mol. The molecule has 0 spiro atoms. The Morgan fingerprint density at radius 1 is 1.35 bits per heavy atom. The van der Waals surface area contributed by atoms with Crippen molar-refractivity contribution in [2.75, 3.05) is 33.4 Å². The summed E-state index contributed by atoms with van der Waals surface area (Å²) in [5.74, 6) is 1.43. The van der Waals surface area contributed by atoms with E-state index in [-0.39, 0.29) is 11.9 Å². The minimum Gasteiger partial charge on any atom is -0.490 e. The Balaban J connectivity index is 2.00. The van der Waals surface area contributed by atoms with Crippen LogP contribution < -0.4 is 15.2 Å². The monoisotopic (exact) mass is 280 g/mol. The molecule has 0 saturated carbocycles. The Kier molecular flexibility index (Phi) is 3.81. The highest BCUT2D eigenvalue weighted by Crippen LogP contribution is 2.44. The summed E-state index contributed by atoms with van der Waals surface area (Å²) in [5, 5.41) is 0. The quantitative estimate of drug-likeness (QED) is 0.899. The largest absolute Gasteiger partial charge is 0.490 e. The van der Waals surface area contributed by atoms with Crippen LogP contribution in [0.2, 0.25) is 0 Å². The van der Waals surface area contributed by atoms with Crippen molar-refractivity contribution in [2.24, 2.45) is 11.7 Å². The second-order valence-corrected chi connectivity index (χ2v) is 5.63. The van der Waals surface area contributed by atoms with Crippen LogP contribution >= 0.6 is 0 Å². The number of nitrogens with zero attached hydrogens (tertiary/aromatic N) is 1. The first kappa shape index (κ1) is 13.6. The molecule has 0 aliphatic carbocycles. The van der Waals surface area contributed by atoms with Crippen molar-refractivity contribution in [2.45, 2.75) is 18.9 Å². The molecule has 3 rings (SSSR count). The number of hydrogen-bond acceptors (Lipinski definition) is 4. The number of hydrogen-bond donors (Lipinski definition) is 1. The van der Waals surface area contributed by atoms with Gasteiger partial charge < -0.3 is 15.2 Å². The fraction of sp³-hybridized carbons (Fsp3) is 0.600. The second-order valence-electron chi connectivity index (χ2n) is 5.63. The van der Waals surface area contributed by atoms with Crippen LogP contribution in [0.4, 0.5) is 4.39 Å². The van der Waals surface area contributed by atoms with Gasteiger partial charge in [0.15, 0.2) is 11.5 Å². The van der Waals surface area contributed by atoms with Gasteiger partial charge in [0, 0.05) is 19.0 Å². The lowest BCUT2D eigenvalue weighted by atomic mass is 9.98. The maximum Gasteiger partial charge on any atom is 0.168 e. The van der Waals surface area contributed by atoms with E-state index >= 15 is 0 Å². The molecule has 0 bridgehead atoms. The van der Waals surface area contributed by atoms with Crippen LogP contribution in [0.25, 0.3) is 0 Å². The molecule has 5 heteroatoms. The summed E-state index contributed by atoms with van der Waals surface area (Å²) in [6.45, 7) is 2.71. The lowest BCUT2D eigenvalue weighted by Gasteiger charge is -2.23. The lowest BCUT2D eigenvalue weighted by Crippen LogP contribution is -2.21. The highest BCUT2D eigenvalue weighted by atomic mass is 19.1. The number of nitrogens with two attached hydrogens (primary N) is 1. The van der Waals surface area contributed by atoms with E-state index in [0.717, 1.165) is 19.4 Å². The molecular weight excluding hydrogens is 259 g/mol. The summed E-state index contributed by atoms with van der Waals surface area (Å²) in [7, 11) is 2.01. The van der Waals surface area contributed by atoms with E-state index < -0.39 is 0 Å². The molecule has 1 fully saturated rings. The molecule has 1 aromatic carbocycles. The lowest BCUT2D eigenvalue weighted by molar-refractivity contribution is 0.277. The molecule has 2 unspecified atom stereocenters. The average Bonchev–Trinajstić information content (AvgIpc) is 2.67. The summed E-state index contributed by atoms with van der Waals surface area (Å²) in [6, 6.07) is 3.15. The summed E-state index contributed by atoms with van der Waals surface area (Å²) in [5.41, 5.74) is 6.39. The van der Waals surface area contributed by atoms with Crippen molar-refractivity contribution < 1.29 is 13.9 Å². The van der Waals surface area contributed by atoms with E-state index in [1.807, 2.05) is 7.05 Å². The van der Waals surface area contributed by atoms with Gasteiger partial charge in [-0.3, -0.25) is 4.90 Å². The smallest absolute Gasteiger partial charge is 0.168 e. The van der Waals surface area contributed by atoms with E-state index in [0.29, 0.717) is 42.7 Å². The molecule has 2 aliphatic heterocycles. The van der Waals surface area contributed by atoms with E-state index in [1.54, 1.807) is 6.07 Å².